The maximum atomic E-state index is 13.5. The van der Waals surface area contributed by atoms with Gasteiger partial charge >= 0.3 is 5.97 Å². The quantitative estimate of drug-likeness (QED) is 0.410. The van der Waals surface area contributed by atoms with E-state index in [4.69, 9.17) is 9.47 Å². The lowest BCUT2D eigenvalue weighted by Crippen LogP contribution is -2.36. The van der Waals surface area contributed by atoms with Crippen molar-refractivity contribution in [2.75, 3.05) is 25.1 Å². The Balaban J connectivity index is 1.38. The van der Waals surface area contributed by atoms with Gasteiger partial charge in [0.25, 0.3) is 5.91 Å². The molecular formula is C22H17F3N2O5. The average Bonchev–Trinajstić information content (AvgIpc) is 2.80. The average molecular weight is 446 g/mol. The Hall–Kier alpha value is -4.08. The largest absolute Gasteiger partial charge is 0.482 e. The van der Waals surface area contributed by atoms with Crippen molar-refractivity contribution >= 4 is 34.2 Å². The minimum absolute atomic E-state index is 0.429. The van der Waals surface area contributed by atoms with Gasteiger partial charge in [-0.3, -0.25) is 9.59 Å². The van der Waals surface area contributed by atoms with Gasteiger partial charge in [0.2, 0.25) is 5.91 Å². The van der Waals surface area contributed by atoms with E-state index in [1.165, 1.54) is 0 Å². The van der Waals surface area contributed by atoms with E-state index in [9.17, 15) is 27.6 Å². The highest BCUT2D eigenvalue weighted by Gasteiger charge is 2.16. The highest BCUT2D eigenvalue weighted by atomic mass is 19.2. The fourth-order valence-electron chi connectivity index (χ4n) is 2.63. The third-order valence-electron chi connectivity index (χ3n) is 4.20. The Morgan fingerprint density at radius 2 is 1.56 bits per heavy atom. The number of amides is 2. The summed E-state index contributed by atoms with van der Waals surface area (Å²) >= 11 is 0. The van der Waals surface area contributed by atoms with Crippen molar-refractivity contribution in [1.82, 2.24) is 5.32 Å². The normalized spacial score (nSPS) is 10.5. The third kappa shape index (κ3) is 5.97. The molecule has 32 heavy (non-hydrogen) atoms. The van der Waals surface area contributed by atoms with Gasteiger partial charge in [0.05, 0.1) is 12.2 Å². The molecule has 0 aliphatic heterocycles. The molecule has 0 radical (unpaired) electrons. The van der Waals surface area contributed by atoms with E-state index < -0.39 is 60.7 Å². The molecule has 0 aromatic heterocycles. The van der Waals surface area contributed by atoms with Crippen LogP contribution in [-0.2, 0) is 19.1 Å². The Labute approximate surface area is 180 Å². The summed E-state index contributed by atoms with van der Waals surface area (Å²) in [6, 6.07) is 14.4. The number of nitrogens with one attached hydrogen (secondary N) is 2. The SMILES string of the molecule is O=C(COC(=O)COc1ccc2ccccc2c1)NCC(=O)Nc1ccc(F)c(F)c1F. The predicted molar refractivity (Wildman–Crippen MR) is 108 cm³/mol. The second-order valence-electron chi connectivity index (χ2n) is 6.51. The van der Waals surface area contributed by atoms with Crippen molar-refractivity contribution in [2.45, 2.75) is 0 Å². The molecule has 3 aromatic carbocycles. The van der Waals surface area contributed by atoms with Gasteiger partial charge in [0.1, 0.15) is 5.75 Å². The van der Waals surface area contributed by atoms with Crippen molar-refractivity contribution in [2.24, 2.45) is 0 Å². The third-order valence-corrected chi connectivity index (χ3v) is 4.20. The van der Waals surface area contributed by atoms with E-state index in [2.05, 4.69) is 5.32 Å². The zero-order valence-electron chi connectivity index (χ0n) is 16.5. The number of carbonyl (C=O) groups is 3. The summed E-state index contributed by atoms with van der Waals surface area (Å²) in [5.41, 5.74) is -0.583. The molecular weight excluding hydrogens is 429 g/mol. The number of esters is 1. The van der Waals surface area contributed by atoms with Crippen molar-refractivity contribution in [3.63, 3.8) is 0 Å². The highest BCUT2D eigenvalue weighted by molar-refractivity contribution is 5.95. The molecule has 0 heterocycles. The molecule has 2 amide bonds. The summed E-state index contributed by atoms with van der Waals surface area (Å²) in [7, 11) is 0. The minimum Gasteiger partial charge on any atom is -0.482 e. The fraction of sp³-hybridized carbons (Fsp3) is 0.136. The first-order valence-corrected chi connectivity index (χ1v) is 9.31. The number of hydrogen-bond acceptors (Lipinski definition) is 5. The Kier molecular flexibility index (Phi) is 7.27. The summed E-state index contributed by atoms with van der Waals surface area (Å²) in [6.45, 7) is -1.71. The Morgan fingerprint density at radius 3 is 2.34 bits per heavy atom. The van der Waals surface area contributed by atoms with Crippen LogP contribution in [0.3, 0.4) is 0 Å². The molecule has 2 N–H and O–H groups in total. The molecule has 3 rings (SSSR count). The number of fused-ring (bicyclic) bond motifs is 1. The van der Waals surface area contributed by atoms with E-state index in [-0.39, 0.29) is 0 Å². The van der Waals surface area contributed by atoms with Crippen LogP contribution in [0.1, 0.15) is 0 Å². The summed E-state index contributed by atoms with van der Waals surface area (Å²) in [6.07, 6.45) is 0. The van der Waals surface area contributed by atoms with Gasteiger partial charge in [0, 0.05) is 0 Å². The van der Waals surface area contributed by atoms with E-state index >= 15 is 0 Å². The molecule has 0 atom stereocenters. The molecule has 0 fully saturated rings. The zero-order valence-corrected chi connectivity index (χ0v) is 16.5. The first kappa shape index (κ1) is 22.6. The maximum Gasteiger partial charge on any atom is 0.344 e. The summed E-state index contributed by atoms with van der Waals surface area (Å²) in [5.74, 6) is -6.75. The summed E-state index contributed by atoms with van der Waals surface area (Å²) < 4.78 is 49.6. The highest BCUT2D eigenvalue weighted by Crippen LogP contribution is 2.21. The number of carbonyl (C=O) groups excluding carboxylic acids is 3. The Bertz CT molecular complexity index is 1170. The molecule has 166 valence electrons. The summed E-state index contributed by atoms with van der Waals surface area (Å²) in [5, 5.41) is 6.06. The molecule has 0 saturated heterocycles. The van der Waals surface area contributed by atoms with Crippen LogP contribution in [0.4, 0.5) is 18.9 Å². The smallest absolute Gasteiger partial charge is 0.344 e. The second kappa shape index (κ2) is 10.3. The molecule has 10 heteroatoms. The molecule has 0 aliphatic rings. The zero-order chi connectivity index (χ0) is 23.1. The number of halogens is 3. The van der Waals surface area contributed by atoms with Crippen LogP contribution in [0.5, 0.6) is 5.75 Å². The lowest BCUT2D eigenvalue weighted by atomic mass is 10.1. The first-order chi connectivity index (χ1) is 15.3. The van der Waals surface area contributed by atoms with Crippen LogP contribution >= 0.6 is 0 Å². The monoisotopic (exact) mass is 446 g/mol. The molecule has 0 saturated carbocycles. The van der Waals surface area contributed by atoms with Crippen LogP contribution in [0.15, 0.2) is 54.6 Å². The van der Waals surface area contributed by atoms with E-state index in [1.807, 2.05) is 35.6 Å². The number of ether oxygens (including phenoxy) is 2. The number of benzene rings is 3. The number of rotatable bonds is 8. The van der Waals surface area contributed by atoms with Gasteiger partial charge < -0.3 is 20.1 Å². The molecule has 0 spiro atoms. The standard InChI is InChI=1S/C22H17F3N2O5/c23-16-7-8-17(22(25)21(16)24)27-18(28)10-26-19(29)11-32-20(30)12-31-15-6-5-13-3-1-2-4-14(13)9-15/h1-9H,10-12H2,(H,26,29)(H,27,28). The number of anilines is 1. The van der Waals surface area contributed by atoms with Crippen molar-refractivity contribution < 1.29 is 37.0 Å². The van der Waals surface area contributed by atoms with Crippen molar-refractivity contribution in [3.8, 4) is 5.75 Å². The molecule has 0 bridgehead atoms. The van der Waals surface area contributed by atoms with Gasteiger partial charge in [-0.05, 0) is 35.0 Å². The Morgan fingerprint density at radius 1 is 0.812 bits per heavy atom. The van der Waals surface area contributed by atoms with E-state index in [0.717, 1.165) is 16.8 Å². The van der Waals surface area contributed by atoms with Gasteiger partial charge in [-0.1, -0.05) is 30.3 Å². The molecule has 7 nitrogen and oxygen atoms in total. The van der Waals surface area contributed by atoms with Crippen LogP contribution in [0, 0.1) is 17.5 Å². The van der Waals surface area contributed by atoms with E-state index in [0.29, 0.717) is 11.8 Å². The van der Waals surface area contributed by atoms with Crippen LogP contribution < -0.4 is 15.4 Å². The summed E-state index contributed by atoms with van der Waals surface area (Å²) in [4.78, 5) is 35.2. The van der Waals surface area contributed by atoms with Crippen molar-refractivity contribution in [1.29, 1.82) is 0 Å². The topological polar surface area (TPSA) is 93.7 Å². The lowest BCUT2D eigenvalue weighted by Gasteiger charge is -2.09. The van der Waals surface area contributed by atoms with Crippen LogP contribution in [0.2, 0.25) is 0 Å². The van der Waals surface area contributed by atoms with Crippen LogP contribution in [0.25, 0.3) is 10.8 Å². The maximum absolute atomic E-state index is 13.5. The van der Waals surface area contributed by atoms with Gasteiger partial charge in [0.15, 0.2) is 30.7 Å². The number of hydrogen-bond donors (Lipinski definition) is 2. The second-order valence-corrected chi connectivity index (χ2v) is 6.51. The predicted octanol–water partition coefficient (Wildman–Crippen LogP) is 2.93. The minimum atomic E-state index is -1.73. The molecule has 0 unspecified atom stereocenters. The van der Waals surface area contributed by atoms with Gasteiger partial charge in [-0.25, -0.2) is 18.0 Å². The van der Waals surface area contributed by atoms with Crippen LogP contribution in [-0.4, -0.2) is 37.5 Å². The van der Waals surface area contributed by atoms with E-state index in [1.54, 1.807) is 12.1 Å². The lowest BCUT2D eigenvalue weighted by molar-refractivity contribution is -0.150. The first-order valence-electron chi connectivity index (χ1n) is 9.31. The van der Waals surface area contributed by atoms with Crippen molar-refractivity contribution in [3.05, 3.63) is 72.0 Å². The van der Waals surface area contributed by atoms with Gasteiger partial charge in [-0.2, -0.15) is 0 Å². The fourth-order valence-corrected chi connectivity index (χ4v) is 2.63. The molecule has 0 aliphatic carbocycles. The molecule has 3 aromatic rings. The van der Waals surface area contributed by atoms with Gasteiger partial charge in [-0.15, -0.1) is 0 Å².